The number of nitrogens with zero attached hydrogens (tertiary/aromatic N) is 2. The summed E-state index contributed by atoms with van der Waals surface area (Å²) in [5.41, 5.74) is 2.10. The van der Waals surface area contributed by atoms with Crippen molar-refractivity contribution in [3.05, 3.63) is 53.6 Å². The predicted octanol–water partition coefficient (Wildman–Crippen LogP) is 1.93. The number of aromatic nitrogens is 2. The molecule has 0 bridgehead atoms. The minimum Gasteiger partial charge on any atom is -0.461 e. The Hall–Kier alpha value is -2.19. The molecule has 1 heterocycles. The average Bonchev–Trinajstić information content (AvgIpc) is 2.98. The van der Waals surface area contributed by atoms with Gasteiger partial charge in [-0.1, -0.05) is 29.8 Å². The zero-order valence-corrected chi connectivity index (χ0v) is 14.6. The lowest BCUT2D eigenvalue weighted by atomic mass is 10.1. The van der Waals surface area contributed by atoms with Crippen LogP contribution in [0.15, 0.2) is 36.8 Å². The van der Waals surface area contributed by atoms with Gasteiger partial charge in [0.2, 0.25) is 0 Å². The Morgan fingerprint density at radius 2 is 1.96 bits per heavy atom. The Morgan fingerprint density at radius 1 is 1.29 bits per heavy atom. The lowest BCUT2D eigenvalue weighted by Crippen LogP contribution is -2.22. The van der Waals surface area contributed by atoms with Gasteiger partial charge in [0.05, 0.1) is 38.0 Å². The fourth-order valence-corrected chi connectivity index (χ4v) is 2.61. The summed E-state index contributed by atoms with van der Waals surface area (Å²) in [5, 5.41) is 0. The first-order chi connectivity index (χ1) is 11.3. The van der Waals surface area contributed by atoms with Crippen LogP contribution in [0.2, 0.25) is 0 Å². The number of carbonyl (C=O) groups excluding carboxylic acids is 1. The SMILES string of the molecule is CCOC(=O)c1cncn1C(COS(C)(=O)=O)c1ccc(C)cc1. The van der Waals surface area contributed by atoms with Crippen molar-refractivity contribution in [2.24, 2.45) is 0 Å². The van der Waals surface area contributed by atoms with Crippen molar-refractivity contribution in [3.63, 3.8) is 0 Å². The molecule has 0 saturated heterocycles. The molecule has 1 aromatic carbocycles. The minimum atomic E-state index is -3.62. The monoisotopic (exact) mass is 352 g/mol. The van der Waals surface area contributed by atoms with Crippen LogP contribution in [0.25, 0.3) is 0 Å². The van der Waals surface area contributed by atoms with E-state index < -0.39 is 22.1 Å². The molecular formula is C16H20N2O5S. The van der Waals surface area contributed by atoms with Crippen LogP contribution in [0.3, 0.4) is 0 Å². The fourth-order valence-electron chi connectivity index (χ4n) is 2.23. The van der Waals surface area contributed by atoms with Gasteiger partial charge in [-0.15, -0.1) is 0 Å². The molecule has 2 aromatic rings. The van der Waals surface area contributed by atoms with Gasteiger partial charge >= 0.3 is 5.97 Å². The Balaban J connectivity index is 2.41. The first-order valence-electron chi connectivity index (χ1n) is 7.41. The van der Waals surface area contributed by atoms with E-state index in [-0.39, 0.29) is 18.9 Å². The molecule has 0 spiro atoms. The summed E-state index contributed by atoms with van der Waals surface area (Å²) in [4.78, 5) is 16.1. The standard InChI is InChI=1S/C16H20N2O5S/c1-4-22-16(19)14-9-17-11-18(14)15(10-23-24(3,20)21)13-7-5-12(2)6-8-13/h5-9,11,15H,4,10H2,1-3H3. The zero-order valence-electron chi connectivity index (χ0n) is 13.8. The van der Waals surface area contributed by atoms with Crippen LogP contribution in [0.5, 0.6) is 0 Å². The first-order valence-corrected chi connectivity index (χ1v) is 9.23. The lowest BCUT2D eigenvalue weighted by molar-refractivity contribution is 0.0511. The smallest absolute Gasteiger partial charge is 0.356 e. The normalized spacial score (nSPS) is 12.8. The molecule has 0 fully saturated rings. The van der Waals surface area contributed by atoms with Gasteiger partial charge in [0, 0.05) is 0 Å². The van der Waals surface area contributed by atoms with E-state index in [4.69, 9.17) is 8.92 Å². The third kappa shape index (κ3) is 4.65. The van der Waals surface area contributed by atoms with Gasteiger partial charge in [-0.3, -0.25) is 4.18 Å². The molecule has 0 aliphatic heterocycles. The summed E-state index contributed by atoms with van der Waals surface area (Å²) < 4.78 is 34.3. The summed E-state index contributed by atoms with van der Waals surface area (Å²) in [7, 11) is -3.62. The van der Waals surface area contributed by atoms with Crippen LogP contribution < -0.4 is 0 Å². The van der Waals surface area contributed by atoms with E-state index in [9.17, 15) is 13.2 Å². The Labute approximate surface area is 141 Å². The average molecular weight is 352 g/mol. The topological polar surface area (TPSA) is 87.5 Å². The lowest BCUT2D eigenvalue weighted by Gasteiger charge is -2.20. The molecule has 0 radical (unpaired) electrons. The molecular weight excluding hydrogens is 332 g/mol. The minimum absolute atomic E-state index is 0.148. The molecule has 1 unspecified atom stereocenters. The van der Waals surface area contributed by atoms with Crippen molar-refractivity contribution in [2.45, 2.75) is 19.9 Å². The Bertz CT molecular complexity index is 796. The van der Waals surface area contributed by atoms with Crippen LogP contribution in [0.4, 0.5) is 0 Å². The summed E-state index contributed by atoms with van der Waals surface area (Å²) in [5.74, 6) is -0.522. The zero-order chi connectivity index (χ0) is 17.7. The summed E-state index contributed by atoms with van der Waals surface area (Å²) in [6.07, 6.45) is 3.83. The predicted molar refractivity (Wildman–Crippen MR) is 88.3 cm³/mol. The van der Waals surface area contributed by atoms with Crippen molar-refractivity contribution in [2.75, 3.05) is 19.5 Å². The van der Waals surface area contributed by atoms with Gasteiger partial charge in [0.1, 0.15) is 5.69 Å². The molecule has 1 aromatic heterocycles. The van der Waals surface area contributed by atoms with E-state index in [1.807, 2.05) is 31.2 Å². The molecule has 0 saturated carbocycles. The van der Waals surface area contributed by atoms with Gasteiger partial charge in [-0.05, 0) is 19.4 Å². The number of ether oxygens (including phenoxy) is 1. The highest BCUT2D eigenvalue weighted by Gasteiger charge is 2.23. The van der Waals surface area contributed by atoms with Crippen molar-refractivity contribution in [3.8, 4) is 0 Å². The number of hydrogen-bond donors (Lipinski definition) is 0. The third-order valence-corrected chi connectivity index (χ3v) is 3.95. The van der Waals surface area contributed by atoms with Gasteiger partial charge in [-0.25, -0.2) is 9.78 Å². The molecule has 0 aliphatic rings. The number of esters is 1. The Morgan fingerprint density at radius 3 is 2.54 bits per heavy atom. The molecule has 0 amide bonds. The highest BCUT2D eigenvalue weighted by atomic mass is 32.2. The quantitative estimate of drug-likeness (QED) is 0.559. The van der Waals surface area contributed by atoms with Crippen molar-refractivity contribution >= 4 is 16.1 Å². The number of hydrogen-bond acceptors (Lipinski definition) is 6. The highest BCUT2D eigenvalue weighted by Crippen LogP contribution is 2.22. The van der Waals surface area contributed by atoms with E-state index in [0.29, 0.717) is 0 Å². The maximum Gasteiger partial charge on any atom is 0.356 e. The molecule has 8 heteroatoms. The number of benzene rings is 1. The number of rotatable bonds is 7. The maximum absolute atomic E-state index is 12.1. The number of imidazole rings is 1. The second kappa shape index (κ2) is 7.59. The second-order valence-electron chi connectivity index (χ2n) is 5.32. The number of aryl methyl sites for hydroxylation is 1. The number of carbonyl (C=O) groups is 1. The van der Waals surface area contributed by atoms with Crippen LogP contribution in [0, 0.1) is 6.92 Å². The Kier molecular flexibility index (Phi) is 5.74. The van der Waals surface area contributed by atoms with Crippen LogP contribution in [0.1, 0.15) is 34.6 Å². The van der Waals surface area contributed by atoms with Crippen LogP contribution in [-0.2, 0) is 19.0 Å². The fraction of sp³-hybridized carbons (Fsp3) is 0.375. The van der Waals surface area contributed by atoms with E-state index in [1.54, 1.807) is 11.5 Å². The van der Waals surface area contributed by atoms with Gasteiger partial charge in [0.25, 0.3) is 10.1 Å². The summed E-state index contributed by atoms with van der Waals surface area (Å²) >= 11 is 0. The van der Waals surface area contributed by atoms with Crippen molar-refractivity contribution in [1.29, 1.82) is 0 Å². The largest absolute Gasteiger partial charge is 0.461 e. The van der Waals surface area contributed by atoms with E-state index in [2.05, 4.69) is 4.98 Å². The van der Waals surface area contributed by atoms with E-state index >= 15 is 0 Å². The van der Waals surface area contributed by atoms with Crippen molar-refractivity contribution < 1.29 is 22.1 Å². The van der Waals surface area contributed by atoms with Gasteiger partial charge in [0.15, 0.2) is 0 Å². The van der Waals surface area contributed by atoms with Gasteiger partial charge in [-0.2, -0.15) is 8.42 Å². The first kappa shape index (κ1) is 18.2. The molecule has 130 valence electrons. The maximum atomic E-state index is 12.1. The van der Waals surface area contributed by atoms with E-state index in [1.165, 1.54) is 12.5 Å². The molecule has 1 atom stereocenters. The van der Waals surface area contributed by atoms with E-state index in [0.717, 1.165) is 17.4 Å². The second-order valence-corrected chi connectivity index (χ2v) is 6.97. The highest BCUT2D eigenvalue weighted by molar-refractivity contribution is 7.85. The van der Waals surface area contributed by atoms with Crippen LogP contribution >= 0.6 is 0 Å². The summed E-state index contributed by atoms with van der Waals surface area (Å²) in [6.45, 7) is 3.75. The van der Waals surface area contributed by atoms with Gasteiger partial charge < -0.3 is 9.30 Å². The van der Waals surface area contributed by atoms with Crippen LogP contribution in [-0.4, -0.2) is 43.4 Å². The molecule has 2 rings (SSSR count). The molecule has 7 nitrogen and oxygen atoms in total. The molecule has 0 N–H and O–H groups in total. The third-order valence-electron chi connectivity index (χ3n) is 3.39. The molecule has 0 aliphatic carbocycles. The summed E-state index contributed by atoms with van der Waals surface area (Å²) in [6, 6.07) is 7.01. The molecule has 24 heavy (non-hydrogen) atoms. The van der Waals surface area contributed by atoms with Crippen molar-refractivity contribution in [1.82, 2.24) is 9.55 Å².